The van der Waals surface area contributed by atoms with Crippen molar-refractivity contribution < 1.29 is 19.0 Å². The predicted octanol–water partition coefficient (Wildman–Crippen LogP) is 5.19. The Morgan fingerprint density at radius 2 is 1.87 bits per heavy atom. The van der Waals surface area contributed by atoms with Gasteiger partial charge in [-0.15, -0.1) is 11.3 Å². The number of methoxy groups -OCH3 is 2. The molecule has 0 saturated heterocycles. The molecule has 0 aliphatic carbocycles. The molecule has 2 aromatic carbocycles. The molecule has 2 aromatic heterocycles. The fraction of sp³-hybridized carbons (Fsp3) is 0.0909. The van der Waals surface area contributed by atoms with E-state index in [1.807, 2.05) is 24.3 Å². The molecule has 0 bridgehead atoms. The molecule has 7 nitrogen and oxygen atoms in total. The van der Waals surface area contributed by atoms with E-state index in [1.54, 1.807) is 41.7 Å². The molecule has 0 unspecified atom stereocenters. The molecule has 0 aliphatic rings. The van der Waals surface area contributed by atoms with Crippen LogP contribution in [0.5, 0.6) is 11.6 Å². The average molecular weight is 452 g/mol. The van der Waals surface area contributed by atoms with E-state index in [0.29, 0.717) is 22.2 Å². The van der Waals surface area contributed by atoms with Gasteiger partial charge in [-0.3, -0.25) is 0 Å². The van der Waals surface area contributed by atoms with Gasteiger partial charge in [-0.2, -0.15) is 0 Å². The van der Waals surface area contributed by atoms with Crippen molar-refractivity contribution in [3.8, 4) is 11.6 Å². The quantitative estimate of drug-likeness (QED) is 0.164. The topological polar surface area (TPSA) is 83.4 Å². The van der Waals surface area contributed by atoms with Gasteiger partial charge in [0.25, 0.3) is 0 Å². The Morgan fingerprint density at radius 1 is 1.06 bits per heavy atom. The van der Waals surface area contributed by atoms with Crippen LogP contribution < -0.4 is 4.74 Å². The molecule has 0 saturated carbocycles. The number of carbonyl (C=O) groups is 1. The predicted molar refractivity (Wildman–Crippen MR) is 119 cm³/mol. The van der Waals surface area contributed by atoms with E-state index < -0.39 is 5.97 Å². The maximum Gasteiger partial charge on any atom is 0.341 e. The van der Waals surface area contributed by atoms with Crippen molar-refractivity contribution in [2.24, 2.45) is 0 Å². The Balaban J connectivity index is 1.59. The average Bonchev–Trinajstić information content (AvgIpc) is 3.20. The second-order valence-electron chi connectivity index (χ2n) is 6.10. The van der Waals surface area contributed by atoms with Crippen LogP contribution in [0, 0.1) is 0 Å². The Labute approximate surface area is 186 Å². The molecule has 31 heavy (non-hydrogen) atoms. The van der Waals surface area contributed by atoms with E-state index in [1.165, 1.54) is 38.6 Å². The Morgan fingerprint density at radius 3 is 2.68 bits per heavy atom. The van der Waals surface area contributed by atoms with Crippen molar-refractivity contribution in [2.75, 3.05) is 14.2 Å². The number of hydrogen-bond donors (Lipinski definition) is 0. The van der Waals surface area contributed by atoms with Gasteiger partial charge in [0, 0.05) is 11.6 Å². The van der Waals surface area contributed by atoms with Gasteiger partial charge in [0.1, 0.15) is 22.7 Å². The number of rotatable bonds is 7. The SMILES string of the molecule is CO/C=C(/C(=O)OC)c1ccccc1Oc1cc(Sc2nc3ccccc3s2)ncn1. The summed E-state index contributed by atoms with van der Waals surface area (Å²) in [5.74, 6) is 0.242. The number of nitrogens with zero attached hydrogens (tertiary/aromatic N) is 3. The fourth-order valence-electron chi connectivity index (χ4n) is 2.76. The van der Waals surface area contributed by atoms with Crippen LogP contribution in [0.1, 0.15) is 5.56 Å². The zero-order valence-electron chi connectivity index (χ0n) is 16.6. The smallest absolute Gasteiger partial charge is 0.341 e. The standard InChI is InChI=1S/C22H17N3O4S2/c1-27-12-15(21(26)28-2)14-7-3-5-9-17(14)29-19-11-20(24-13-23-19)31-22-25-16-8-4-6-10-18(16)30-22/h3-13H,1-2H3/b15-12+. The first-order valence-electron chi connectivity index (χ1n) is 9.12. The molecule has 2 heterocycles. The second kappa shape index (κ2) is 9.59. The summed E-state index contributed by atoms with van der Waals surface area (Å²) in [6.07, 6.45) is 2.75. The molecule has 4 aromatic rings. The summed E-state index contributed by atoms with van der Waals surface area (Å²) >= 11 is 3.03. The highest BCUT2D eigenvalue weighted by atomic mass is 32.2. The van der Waals surface area contributed by atoms with E-state index in [0.717, 1.165) is 14.6 Å². The van der Waals surface area contributed by atoms with Crippen LogP contribution in [0.4, 0.5) is 0 Å². The van der Waals surface area contributed by atoms with E-state index in [9.17, 15) is 4.79 Å². The summed E-state index contributed by atoms with van der Waals surface area (Å²) in [5.41, 5.74) is 1.71. The van der Waals surface area contributed by atoms with E-state index in [-0.39, 0.29) is 5.57 Å². The van der Waals surface area contributed by atoms with Crippen molar-refractivity contribution in [1.29, 1.82) is 0 Å². The number of aromatic nitrogens is 3. The summed E-state index contributed by atoms with van der Waals surface area (Å²) in [6.45, 7) is 0. The minimum Gasteiger partial charge on any atom is -0.503 e. The number of carbonyl (C=O) groups excluding carboxylic acids is 1. The van der Waals surface area contributed by atoms with Gasteiger partial charge >= 0.3 is 5.97 Å². The molecule has 156 valence electrons. The van der Waals surface area contributed by atoms with Crippen molar-refractivity contribution in [1.82, 2.24) is 15.0 Å². The fourth-order valence-corrected chi connectivity index (χ4v) is 4.73. The third-order valence-electron chi connectivity index (χ3n) is 4.12. The molecule has 0 fully saturated rings. The Hall–Kier alpha value is -3.43. The number of fused-ring (bicyclic) bond motifs is 1. The van der Waals surface area contributed by atoms with Crippen LogP contribution in [0.3, 0.4) is 0 Å². The van der Waals surface area contributed by atoms with Gasteiger partial charge in [-0.05, 0) is 30.0 Å². The number of esters is 1. The lowest BCUT2D eigenvalue weighted by molar-refractivity contribution is -0.133. The molecule has 0 atom stereocenters. The molecular formula is C22H17N3O4S2. The monoisotopic (exact) mass is 451 g/mol. The zero-order chi connectivity index (χ0) is 21.6. The minimum absolute atomic E-state index is 0.235. The minimum atomic E-state index is -0.535. The first-order chi connectivity index (χ1) is 15.2. The highest BCUT2D eigenvalue weighted by Gasteiger charge is 2.18. The van der Waals surface area contributed by atoms with E-state index >= 15 is 0 Å². The van der Waals surface area contributed by atoms with E-state index in [2.05, 4.69) is 15.0 Å². The normalized spacial score (nSPS) is 11.4. The Kier molecular flexibility index (Phi) is 6.44. The number of para-hydroxylation sites is 2. The largest absolute Gasteiger partial charge is 0.503 e. The lowest BCUT2D eigenvalue weighted by atomic mass is 10.1. The summed E-state index contributed by atoms with van der Waals surface area (Å²) in [4.78, 5) is 25.3. The maximum atomic E-state index is 12.2. The Bertz CT molecular complexity index is 1220. The first kappa shape index (κ1) is 20.8. The summed E-state index contributed by atoms with van der Waals surface area (Å²) < 4.78 is 17.9. The molecule has 0 amide bonds. The van der Waals surface area contributed by atoms with Gasteiger partial charge in [-0.25, -0.2) is 19.7 Å². The first-order valence-corrected chi connectivity index (χ1v) is 10.7. The molecule has 0 aliphatic heterocycles. The van der Waals surface area contributed by atoms with E-state index in [4.69, 9.17) is 14.2 Å². The second-order valence-corrected chi connectivity index (χ2v) is 8.40. The molecule has 0 N–H and O–H groups in total. The lowest BCUT2D eigenvalue weighted by Crippen LogP contribution is -2.06. The molecule has 0 spiro atoms. The van der Waals surface area contributed by atoms with Crippen molar-refractivity contribution in [3.63, 3.8) is 0 Å². The van der Waals surface area contributed by atoms with Gasteiger partial charge in [0.2, 0.25) is 5.88 Å². The molecule has 4 rings (SSSR count). The van der Waals surface area contributed by atoms with Gasteiger partial charge < -0.3 is 14.2 Å². The van der Waals surface area contributed by atoms with Gasteiger partial charge in [0.05, 0.1) is 30.7 Å². The highest BCUT2D eigenvalue weighted by Crippen LogP contribution is 2.35. The van der Waals surface area contributed by atoms with Crippen molar-refractivity contribution in [3.05, 3.63) is 72.8 Å². The summed E-state index contributed by atoms with van der Waals surface area (Å²) in [6, 6.07) is 16.8. The third-order valence-corrected chi connectivity index (χ3v) is 6.15. The summed E-state index contributed by atoms with van der Waals surface area (Å²) in [7, 11) is 2.77. The molecular weight excluding hydrogens is 434 g/mol. The van der Waals surface area contributed by atoms with Crippen molar-refractivity contribution in [2.45, 2.75) is 9.37 Å². The van der Waals surface area contributed by atoms with Crippen LogP contribution in [-0.4, -0.2) is 35.1 Å². The lowest BCUT2D eigenvalue weighted by Gasteiger charge is -2.12. The van der Waals surface area contributed by atoms with Crippen LogP contribution in [0.25, 0.3) is 15.8 Å². The van der Waals surface area contributed by atoms with Crippen molar-refractivity contribution >= 4 is 44.9 Å². The molecule has 9 heteroatoms. The zero-order valence-corrected chi connectivity index (χ0v) is 18.3. The third kappa shape index (κ3) is 4.84. The van der Waals surface area contributed by atoms with Crippen LogP contribution in [0.15, 0.2) is 76.6 Å². The van der Waals surface area contributed by atoms with Gasteiger partial charge in [-0.1, -0.05) is 30.3 Å². The number of ether oxygens (including phenoxy) is 3. The van der Waals surface area contributed by atoms with Gasteiger partial charge in [0.15, 0.2) is 4.34 Å². The van der Waals surface area contributed by atoms with Crippen LogP contribution in [0.2, 0.25) is 0 Å². The molecule has 0 radical (unpaired) electrons. The maximum absolute atomic E-state index is 12.2. The summed E-state index contributed by atoms with van der Waals surface area (Å²) in [5, 5.41) is 0.696. The number of hydrogen-bond acceptors (Lipinski definition) is 9. The van der Waals surface area contributed by atoms with Crippen LogP contribution >= 0.6 is 23.1 Å². The number of benzene rings is 2. The number of thiazole rings is 1. The van der Waals surface area contributed by atoms with Crippen LogP contribution in [-0.2, 0) is 14.3 Å². The highest BCUT2D eigenvalue weighted by molar-refractivity contribution is 8.01.